The van der Waals surface area contributed by atoms with Gasteiger partial charge in [0.1, 0.15) is 42.7 Å². The molecule has 13 heteroatoms. The normalized spacial score (nSPS) is 52.8. The minimum atomic E-state index is -1.66. The molecule has 0 aromatic rings. The van der Waals surface area contributed by atoms with Crippen LogP contribution in [0.5, 0.6) is 0 Å². The van der Waals surface area contributed by atoms with E-state index in [0.717, 1.165) is 24.8 Å². The van der Waals surface area contributed by atoms with Gasteiger partial charge in [0, 0.05) is 0 Å². The molecule has 2 aliphatic heterocycles. The van der Waals surface area contributed by atoms with Crippen LogP contribution in [0.15, 0.2) is 11.6 Å². The van der Waals surface area contributed by atoms with Gasteiger partial charge in [0.25, 0.3) is 0 Å². The minimum absolute atomic E-state index is 0.109. The van der Waals surface area contributed by atoms with Crippen LogP contribution in [0, 0.1) is 45.3 Å². The number of aliphatic hydroxyl groups is 9. The lowest BCUT2D eigenvalue weighted by Gasteiger charge is -2.71. The van der Waals surface area contributed by atoms with Crippen LogP contribution >= 0.6 is 0 Å². The molecule has 13 nitrogen and oxygen atoms in total. The van der Waals surface area contributed by atoms with Crippen molar-refractivity contribution in [3.05, 3.63) is 11.6 Å². The van der Waals surface area contributed by atoms with Crippen molar-refractivity contribution < 1.29 is 64.9 Å². The summed E-state index contributed by atoms with van der Waals surface area (Å²) in [5, 5.41) is 99.1. The molecule has 6 fully saturated rings. The largest absolute Gasteiger partial charge is 0.393 e. The van der Waals surface area contributed by atoms with Crippen LogP contribution in [-0.2, 0) is 18.9 Å². The first-order valence-corrected chi connectivity index (χ1v) is 20.4. The topological polar surface area (TPSA) is 219 Å². The minimum Gasteiger partial charge on any atom is -0.393 e. The van der Waals surface area contributed by atoms with Gasteiger partial charge in [0.05, 0.1) is 37.1 Å². The van der Waals surface area contributed by atoms with Crippen LogP contribution in [0.25, 0.3) is 0 Å². The van der Waals surface area contributed by atoms with Crippen LogP contribution in [0.4, 0.5) is 0 Å². The Kier molecular flexibility index (Phi) is 12.0. The van der Waals surface area contributed by atoms with Gasteiger partial charge in [-0.3, -0.25) is 0 Å². The SMILES string of the molecule is CC(C)=CCC[C@](C)(O[C@@H]1O[C@H](CO[C@@H]2OC[C@@H](O)C(O)[C@@H]2O)[C@@H](O)[C@H](O)[C@H]1O)[C@H]1CC[C@]2(C)C1C(O)CC1[C@@]3(C)CC[C@H](O)C(C)(C)C3[C@@H](O)C[C@]12C. The summed E-state index contributed by atoms with van der Waals surface area (Å²) in [5.74, 6) is -0.398. The maximum atomic E-state index is 12.4. The van der Waals surface area contributed by atoms with Gasteiger partial charge in [-0.25, -0.2) is 0 Å². The number of ether oxygens (including phenoxy) is 4. The highest BCUT2D eigenvalue weighted by Gasteiger charge is 2.73. The first-order valence-electron chi connectivity index (χ1n) is 20.4. The average Bonchev–Trinajstić information content (AvgIpc) is 3.47. The Morgan fingerprint density at radius 1 is 0.778 bits per heavy atom. The van der Waals surface area contributed by atoms with E-state index in [9.17, 15) is 46.0 Å². The fourth-order valence-electron chi connectivity index (χ4n) is 13.1. The molecule has 0 aromatic carbocycles. The number of hydrogen-bond acceptors (Lipinski definition) is 13. The third-order valence-electron chi connectivity index (χ3n) is 16.2. The van der Waals surface area contributed by atoms with Crippen molar-refractivity contribution in [2.45, 2.75) is 186 Å². The number of aliphatic hydroxyl groups excluding tert-OH is 9. The van der Waals surface area contributed by atoms with E-state index >= 15 is 0 Å². The molecule has 312 valence electrons. The molecular weight excluding hydrogens is 700 g/mol. The summed E-state index contributed by atoms with van der Waals surface area (Å²) >= 11 is 0. The van der Waals surface area contributed by atoms with Gasteiger partial charge in [0.2, 0.25) is 0 Å². The van der Waals surface area contributed by atoms with Crippen LogP contribution in [0.1, 0.15) is 107 Å². The molecule has 9 N–H and O–H groups in total. The van der Waals surface area contributed by atoms with Crippen molar-refractivity contribution in [3.63, 3.8) is 0 Å². The molecular formula is C41H70O13. The lowest BCUT2D eigenvalue weighted by atomic mass is 9.34. The third kappa shape index (κ3) is 6.86. The molecule has 54 heavy (non-hydrogen) atoms. The Labute approximate surface area is 320 Å². The van der Waals surface area contributed by atoms with E-state index < -0.39 is 84.6 Å². The number of hydrogen-bond donors (Lipinski definition) is 9. The molecule has 2 saturated heterocycles. The number of rotatable bonds is 9. The molecule has 20 atom stereocenters. The maximum Gasteiger partial charge on any atom is 0.187 e. The number of fused-ring (bicyclic) bond motifs is 5. The highest BCUT2D eigenvalue weighted by atomic mass is 16.7. The molecule has 4 aliphatic carbocycles. The van der Waals surface area contributed by atoms with Gasteiger partial charge in [-0.15, -0.1) is 0 Å². The van der Waals surface area contributed by atoms with Crippen LogP contribution in [0.3, 0.4) is 0 Å². The molecule has 0 radical (unpaired) electrons. The van der Waals surface area contributed by atoms with E-state index in [1.807, 2.05) is 20.8 Å². The maximum absolute atomic E-state index is 12.4. The summed E-state index contributed by atoms with van der Waals surface area (Å²) in [7, 11) is 0. The van der Waals surface area contributed by atoms with Gasteiger partial charge in [-0.2, -0.15) is 0 Å². The lowest BCUT2D eigenvalue weighted by molar-refractivity contribution is -0.346. The zero-order chi connectivity index (χ0) is 39.9. The Balaban J connectivity index is 1.27. The smallest absolute Gasteiger partial charge is 0.187 e. The molecule has 2 heterocycles. The van der Waals surface area contributed by atoms with Crippen molar-refractivity contribution in [2.24, 2.45) is 45.3 Å². The van der Waals surface area contributed by atoms with E-state index in [1.165, 1.54) is 0 Å². The van der Waals surface area contributed by atoms with Gasteiger partial charge in [-0.1, -0.05) is 46.3 Å². The highest BCUT2D eigenvalue weighted by molar-refractivity contribution is 5.22. The molecule has 6 aliphatic rings. The molecule has 0 spiro atoms. The Bertz CT molecular complexity index is 1360. The van der Waals surface area contributed by atoms with Crippen molar-refractivity contribution >= 4 is 0 Å². The van der Waals surface area contributed by atoms with Crippen molar-refractivity contribution in [2.75, 3.05) is 13.2 Å². The Morgan fingerprint density at radius 2 is 1.44 bits per heavy atom. The molecule has 0 aromatic heterocycles. The summed E-state index contributed by atoms with van der Waals surface area (Å²) in [5.41, 5.74) is -1.30. The molecule has 6 rings (SSSR count). The quantitative estimate of drug-likeness (QED) is 0.153. The zero-order valence-electron chi connectivity index (χ0n) is 33.5. The van der Waals surface area contributed by atoms with Gasteiger partial charge >= 0.3 is 0 Å². The zero-order valence-corrected chi connectivity index (χ0v) is 33.5. The summed E-state index contributed by atoms with van der Waals surface area (Å²) in [6.45, 7) is 16.4. The molecule has 0 amide bonds. The predicted octanol–water partition coefficient (Wildman–Crippen LogP) is 1.76. The predicted molar refractivity (Wildman–Crippen MR) is 196 cm³/mol. The second-order valence-corrected chi connectivity index (χ2v) is 19.8. The summed E-state index contributed by atoms with van der Waals surface area (Å²) in [6, 6.07) is 0. The van der Waals surface area contributed by atoms with Gasteiger partial charge in [-0.05, 0) is 117 Å². The van der Waals surface area contributed by atoms with E-state index in [1.54, 1.807) is 0 Å². The standard InChI is InChI=1S/C41H70O13/c1-20(2)10-9-13-41(8,54-36-33(50)31(48)30(47)25(53-36)19-52-35-32(49)29(46)24(44)18-51-35)21-11-15-39(6)28(21)22(42)16-26-38(5)14-12-27(45)37(3,4)34(38)23(43)17-40(26,39)7/h10,21-36,42-50H,9,11-19H2,1-8H3/t21-,22?,23-,24+,25+,26?,27-,28?,29?,30+,31-,32-,33+,34?,35-,36-,38+,39+,40+,41-/m0/s1. The van der Waals surface area contributed by atoms with E-state index in [4.69, 9.17) is 18.9 Å². The van der Waals surface area contributed by atoms with E-state index in [2.05, 4.69) is 40.7 Å². The van der Waals surface area contributed by atoms with Gasteiger partial charge < -0.3 is 64.9 Å². The summed E-state index contributed by atoms with van der Waals surface area (Å²) < 4.78 is 24.0. The van der Waals surface area contributed by atoms with Crippen molar-refractivity contribution in [3.8, 4) is 0 Å². The third-order valence-corrected chi connectivity index (χ3v) is 16.2. The van der Waals surface area contributed by atoms with E-state index in [-0.39, 0.29) is 53.1 Å². The second-order valence-electron chi connectivity index (χ2n) is 19.8. The van der Waals surface area contributed by atoms with Crippen molar-refractivity contribution in [1.29, 1.82) is 0 Å². The average molecular weight is 771 g/mol. The summed E-state index contributed by atoms with van der Waals surface area (Å²) in [4.78, 5) is 0. The first kappa shape index (κ1) is 42.8. The molecule has 5 unspecified atom stereocenters. The second kappa shape index (κ2) is 15.1. The van der Waals surface area contributed by atoms with Gasteiger partial charge in [0.15, 0.2) is 12.6 Å². The van der Waals surface area contributed by atoms with Crippen LogP contribution in [0.2, 0.25) is 0 Å². The van der Waals surface area contributed by atoms with Crippen LogP contribution < -0.4 is 0 Å². The van der Waals surface area contributed by atoms with E-state index in [0.29, 0.717) is 32.1 Å². The molecule has 0 bridgehead atoms. The summed E-state index contributed by atoms with van der Waals surface area (Å²) in [6.07, 6.45) is -7.53. The Morgan fingerprint density at radius 3 is 2.11 bits per heavy atom. The fourth-order valence-corrected chi connectivity index (χ4v) is 13.1. The molecule has 4 saturated carbocycles. The first-order chi connectivity index (χ1) is 25.0. The lowest BCUT2D eigenvalue weighted by Crippen LogP contribution is -2.70. The highest BCUT2D eigenvalue weighted by Crippen LogP contribution is 2.76. The number of allylic oxidation sites excluding steroid dienone is 2. The van der Waals surface area contributed by atoms with Crippen molar-refractivity contribution in [1.82, 2.24) is 0 Å². The monoisotopic (exact) mass is 770 g/mol. The Hall–Kier alpha value is -0.780. The fraction of sp³-hybridized carbons (Fsp3) is 0.951. The van der Waals surface area contributed by atoms with Crippen LogP contribution in [-0.4, -0.2) is 138 Å².